The molecule has 0 aliphatic rings. The van der Waals surface area contributed by atoms with Gasteiger partial charge in [-0.3, -0.25) is 0 Å². The van der Waals surface area contributed by atoms with E-state index in [2.05, 4.69) is 83.0 Å². The van der Waals surface area contributed by atoms with Crippen molar-refractivity contribution in [3.63, 3.8) is 0 Å². The highest BCUT2D eigenvalue weighted by molar-refractivity contribution is 9.28. The van der Waals surface area contributed by atoms with Gasteiger partial charge in [0.2, 0.25) is 0 Å². The second kappa shape index (κ2) is 6.61. The molecule has 1 unspecified atom stereocenters. The summed E-state index contributed by atoms with van der Waals surface area (Å²) in [5.41, 5.74) is 2.77. The molecule has 1 atom stereocenters. The molecule has 16 heavy (non-hydrogen) atoms. The third-order valence-corrected chi connectivity index (χ3v) is 3.05. The monoisotopic (exact) mass is 344 g/mol. The zero-order chi connectivity index (χ0) is 12.1. The first-order chi connectivity index (χ1) is 7.49. The van der Waals surface area contributed by atoms with Crippen molar-refractivity contribution >= 4 is 31.9 Å². The van der Waals surface area contributed by atoms with Gasteiger partial charge in [0.25, 0.3) is 0 Å². The van der Waals surface area contributed by atoms with E-state index in [0.717, 1.165) is 15.7 Å². The molecule has 1 aromatic rings. The fourth-order valence-electron chi connectivity index (χ4n) is 1.71. The molecule has 0 aromatic heterocycles. The van der Waals surface area contributed by atoms with Crippen molar-refractivity contribution in [2.45, 2.75) is 33.1 Å². The van der Waals surface area contributed by atoms with Crippen molar-refractivity contribution in [3.8, 4) is 0 Å². The lowest BCUT2D eigenvalue weighted by Gasteiger charge is -2.09. The van der Waals surface area contributed by atoms with Crippen molar-refractivity contribution in [2.24, 2.45) is 5.92 Å². The van der Waals surface area contributed by atoms with E-state index in [1.165, 1.54) is 11.1 Å². The molecule has 1 rings (SSSR count). The van der Waals surface area contributed by atoms with Crippen LogP contribution in [0.15, 0.2) is 33.7 Å². The Morgan fingerprint density at radius 1 is 1.12 bits per heavy atom. The number of hydrogen-bond donors (Lipinski definition) is 0. The van der Waals surface area contributed by atoms with Crippen LogP contribution in [0.3, 0.4) is 0 Å². The topological polar surface area (TPSA) is 0 Å². The van der Waals surface area contributed by atoms with Crippen LogP contribution in [0.4, 0.5) is 0 Å². The predicted octanol–water partition coefficient (Wildman–Crippen LogP) is 5.62. The minimum atomic E-state index is 0.432. The van der Waals surface area contributed by atoms with E-state index in [1.807, 2.05) is 0 Å². The van der Waals surface area contributed by atoms with Gasteiger partial charge in [-0.15, -0.1) is 0 Å². The SMILES string of the molecule is CC(C)Cc1ccc(C(C)C=C(Br)Br)cc1. The van der Waals surface area contributed by atoms with Gasteiger partial charge in [-0.25, -0.2) is 0 Å². The number of benzene rings is 1. The summed E-state index contributed by atoms with van der Waals surface area (Å²) in [5.74, 6) is 1.15. The van der Waals surface area contributed by atoms with Gasteiger partial charge in [0.15, 0.2) is 0 Å². The van der Waals surface area contributed by atoms with Crippen molar-refractivity contribution in [2.75, 3.05) is 0 Å². The smallest absolute Gasteiger partial charge is 0.0570 e. The van der Waals surface area contributed by atoms with Crippen LogP contribution < -0.4 is 0 Å². The summed E-state index contributed by atoms with van der Waals surface area (Å²) in [4.78, 5) is 0. The predicted molar refractivity (Wildman–Crippen MR) is 79.3 cm³/mol. The fourth-order valence-corrected chi connectivity index (χ4v) is 2.51. The van der Waals surface area contributed by atoms with Crippen LogP contribution in [-0.2, 0) is 6.42 Å². The third kappa shape index (κ3) is 4.84. The molecule has 88 valence electrons. The average molecular weight is 346 g/mol. The van der Waals surface area contributed by atoms with Crippen molar-refractivity contribution in [1.29, 1.82) is 0 Å². The van der Waals surface area contributed by atoms with E-state index < -0.39 is 0 Å². The minimum absolute atomic E-state index is 0.432. The van der Waals surface area contributed by atoms with E-state index in [-0.39, 0.29) is 0 Å². The number of allylic oxidation sites excluding steroid dienone is 1. The van der Waals surface area contributed by atoms with E-state index in [0.29, 0.717) is 5.92 Å². The molecule has 0 aliphatic heterocycles. The van der Waals surface area contributed by atoms with Gasteiger partial charge in [-0.05, 0) is 55.3 Å². The molecule has 0 saturated heterocycles. The molecule has 0 aliphatic carbocycles. The Labute approximate surface area is 115 Å². The fraction of sp³-hybridized carbons (Fsp3) is 0.429. The molecule has 1 aromatic carbocycles. The summed E-state index contributed by atoms with van der Waals surface area (Å²) < 4.78 is 1.01. The Morgan fingerprint density at radius 2 is 1.69 bits per heavy atom. The van der Waals surface area contributed by atoms with E-state index in [4.69, 9.17) is 0 Å². The molecule has 0 heterocycles. The van der Waals surface area contributed by atoms with Crippen LogP contribution in [0.1, 0.15) is 37.8 Å². The van der Waals surface area contributed by atoms with Crippen LogP contribution >= 0.6 is 31.9 Å². The Kier molecular flexibility index (Phi) is 5.77. The van der Waals surface area contributed by atoms with Crippen molar-refractivity contribution in [1.82, 2.24) is 0 Å². The highest BCUT2D eigenvalue weighted by Crippen LogP contribution is 2.24. The maximum atomic E-state index is 3.40. The molecule has 0 fully saturated rings. The molecule has 0 N–H and O–H groups in total. The molecular formula is C14H18Br2. The number of rotatable bonds is 4. The maximum absolute atomic E-state index is 3.40. The zero-order valence-corrected chi connectivity index (χ0v) is 13.2. The Balaban J connectivity index is 2.74. The van der Waals surface area contributed by atoms with E-state index in [1.54, 1.807) is 0 Å². The summed E-state index contributed by atoms with van der Waals surface area (Å²) in [7, 11) is 0. The summed E-state index contributed by atoms with van der Waals surface area (Å²) >= 11 is 6.79. The molecule has 0 spiro atoms. The van der Waals surface area contributed by atoms with Gasteiger partial charge >= 0.3 is 0 Å². The lowest BCUT2D eigenvalue weighted by atomic mass is 9.97. The number of halogens is 2. The highest BCUT2D eigenvalue weighted by atomic mass is 79.9. The first-order valence-electron chi connectivity index (χ1n) is 5.60. The van der Waals surface area contributed by atoms with Crippen LogP contribution in [0.2, 0.25) is 0 Å². The molecule has 2 heteroatoms. The van der Waals surface area contributed by atoms with Crippen molar-refractivity contribution < 1.29 is 0 Å². The molecule has 0 amide bonds. The van der Waals surface area contributed by atoms with Gasteiger partial charge in [0.05, 0.1) is 3.39 Å². The van der Waals surface area contributed by atoms with Crippen LogP contribution in [0.5, 0.6) is 0 Å². The van der Waals surface area contributed by atoms with E-state index >= 15 is 0 Å². The molecule has 0 radical (unpaired) electrons. The Bertz CT molecular complexity index is 346. The van der Waals surface area contributed by atoms with Crippen LogP contribution in [0, 0.1) is 5.92 Å². The van der Waals surface area contributed by atoms with Gasteiger partial charge < -0.3 is 0 Å². The lowest BCUT2D eigenvalue weighted by molar-refractivity contribution is 0.647. The largest absolute Gasteiger partial charge is 0.0625 e. The minimum Gasteiger partial charge on any atom is -0.0625 e. The van der Waals surface area contributed by atoms with Crippen LogP contribution in [0.25, 0.3) is 0 Å². The molecule has 0 bridgehead atoms. The lowest BCUT2D eigenvalue weighted by Crippen LogP contribution is -1.95. The first-order valence-corrected chi connectivity index (χ1v) is 7.19. The molecule has 0 nitrogen and oxygen atoms in total. The van der Waals surface area contributed by atoms with E-state index in [9.17, 15) is 0 Å². The second-order valence-electron chi connectivity index (χ2n) is 4.58. The normalized spacial score (nSPS) is 12.6. The highest BCUT2D eigenvalue weighted by Gasteiger charge is 2.03. The Morgan fingerprint density at radius 3 is 2.12 bits per heavy atom. The van der Waals surface area contributed by atoms with Crippen molar-refractivity contribution in [3.05, 3.63) is 44.9 Å². The summed E-state index contributed by atoms with van der Waals surface area (Å²) in [6.45, 7) is 6.70. The van der Waals surface area contributed by atoms with Gasteiger partial charge in [0.1, 0.15) is 0 Å². The summed E-state index contributed by atoms with van der Waals surface area (Å²) in [6, 6.07) is 8.92. The van der Waals surface area contributed by atoms with Gasteiger partial charge in [0, 0.05) is 5.92 Å². The number of hydrogen-bond acceptors (Lipinski definition) is 0. The standard InChI is InChI=1S/C14H18Br2/c1-10(2)8-12-4-6-13(7-5-12)11(3)9-14(15)16/h4-7,9-11H,8H2,1-3H3. The summed E-state index contributed by atoms with van der Waals surface area (Å²) in [5, 5.41) is 0. The Hall–Kier alpha value is -0.0800. The van der Waals surface area contributed by atoms with Gasteiger partial charge in [-0.1, -0.05) is 51.1 Å². The molecular weight excluding hydrogens is 328 g/mol. The molecule has 0 saturated carbocycles. The second-order valence-corrected chi connectivity index (χ2v) is 7.36. The quantitative estimate of drug-likeness (QED) is 0.664. The zero-order valence-electron chi connectivity index (χ0n) is 10.0. The first kappa shape index (κ1) is 14.0. The third-order valence-electron chi connectivity index (χ3n) is 2.53. The average Bonchev–Trinajstić information content (AvgIpc) is 2.16. The van der Waals surface area contributed by atoms with Gasteiger partial charge in [-0.2, -0.15) is 0 Å². The van der Waals surface area contributed by atoms with Crippen LogP contribution in [-0.4, -0.2) is 0 Å². The maximum Gasteiger partial charge on any atom is 0.0570 e. The summed E-state index contributed by atoms with van der Waals surface area (Å²) in [6.07, 6.45) is 3.31.